The van der Waals surface area contributed by atoms with Gasteiger partial charge in [-0.2, -0.15) is 0 Å². The molecule has 0 radical (unpaired) electrons. The number of methoxy groups -OCH3 is 2. The molecule has 0 amide bonds. The number of nitrogens with one attached hydrogen (secondary N) is 1. The van der Waals surface area contributed by atoms with Crippen LogP contribution in [0.4, 0.5) is 0 Å². The summed E-state index contributed by atoms with van der Waals surface area (Å²) in [5.74, 6) is 2.43. The molecule has 0 heterocycles. The summed E-state index contributed by atoms with van der Waals surface area (Å²) >= 11 is 0. The lowest BCUT2D eigenvalue weighted by atomic mass is 9.96. The van der Waals surface area contributed by atoms with Gasteiger partial charge < -0.3 is 14.8 Å². The summed E-state index contributed by atoms with van der Waals surface area (Å²) < 4.78 is 10.7. The van der Waals surface area contributed by atoms with Gasteiger partial charge in [0.05, 0.1) is 14.2 Å². The molecule has 1 N–H and O–H groups in total. The molecule has 2 rings (SSSR count). The van der Waals surface area contributed by atoms with Crippen molar-refractivity contribution < 1.29 is 9.47 Å². The molecule has 1 aromatic carbocycles. The molecule has 0 spiro atoms. The Morgan fingerprint density at radius 3 is 2.38 bits per heavy atom. The first-order valence-corrected chi connectivity index (χ1v) is 8.17. The van der Waals surface area contributed by atoms with Gasteiger partial charge in [0.1, 0.15) is 0 Å². The van der Waals surface area contributed by atoms with Gasteiger partial charge in [0, 0.05) is 12.1 Å². The number of hydrogen-bond acceptors (Lipinski definition) is 3. The first-order valence-electron chi connectivity index (χ1n) is 8.17. The lowest BCUT2D eigenvalue weighted by Gasteiger charge is -2.27. The highest BCUT2D eigenvalue weighted by Crippen LogP contribution is 2.33. The SMILES string of the molecule is CCC(N[C@H](C)C1CCCC1)c1ccc(OC)c(OC)c1. The summed E-state index contributed by atoms with van der Waals surface area (Å²) in [6.07, 6.45) is 6.60. The molecule has 3 nitrogen and oxygen atoms in total. The minimum atomic E-state index is 0.375. The minimum absolute atomic E-state index is 0.375. The van der Waals surface area contributed by atoms with E-state index in [1.54, 1.807) is 14.2 Å². The van der Waals surface area contributed by atoms with Gasteiger partial charge in [0.15, 0.2) is 11.5 Å². The zero-order valence-corrected chi connectivity index (χ0v) is 13.8. The van der Waals surface area contributed by atoms with Crippen LogP contribution in [0.2, 0.25) is 0 Å². The van der Waals surface area contributed by atoms with Crippen LogP contribution in [0.25, 0.3) is 0 Å². The number of rotatable bonds is 7. The molecule has 0 aromatic heterocycles. The normalized spacial score (nSPS) is 18.5. The van der Waals surface area contributed by atoms with E-state index in [1.165, 1.54) is 31.2 Å². The predicted molar refractivity (Wildman–Crippen MR) is 87.1 cm³/mol. The Labute approximate surface area is 129 Å². The van der Waals surface area contributed by atoms with Crippen LogP contribution in [-0.4, -0.2) is 20.3 Å². The second-order valence-electron chi connectivity index (χ2n) is 6.08. The fourth-order valence-electron chi connectivity index (χ4n) is 3.43. The average molecular weight is 291 g/mol. The molecule has 0 saturated heterocycles. The van der Waals surface area contributed by atoms with Gasteiger partial charge in [-0.1, -0.05) is 25.8 Å². The van der Waals surface area contributed by atoms with E-state index < -0.39 is 0 Å². The number of ether oxygens (including phenoxy) is 2. The molecule has 2 atom stereocenters. The molecule has 0 bridgehead atoms. The maximum absolute atomic E-state index is 5.42. The summed E-state index contributed by atoms with van der Waals surface area (Å²) in [6.45, 7) is 4.56. The van der Waals surface area contributed by atoms with Crippen molar-refractivity contribution in [1.82, 2.24) is 5.32 Å². The zero-order chi connectivity index (χ0) is 15.2. The van der Waals surface area contributed by atoms with Crippen molar-refractivity contribution in [1.29, 1.82) is 0 Å². The van der Waals surface area contributed by atoms with Gasteiger partial charge in [0.2, 0.25) is 0 Å². The van der Waals surface area contributed by atoms with Crippen LogP contribution in [0.5, 0.6) is 11.5 Å². The zero-order valence-electron chi connectivity index (χ0n) is 13.8. The highest BCUT2D eigenvalue weighted by Gasteiger charge is 2.24. The standard InChI is InChI=1S/C18H29NO2/c1-5-16(19-13(2)14-8-6-7-9-14)15-10-11-17(20-3)18(12-15)21-4/h10-14,16,19H,5-9H2,1-4H3/t13-,16?/m1/s1. The Morgan fingerprint density at radius 1 is 1.14 bits per heavy atom. The summed E-state index contributed by atoms with van der Waals surface area (Å²) in [5, 5.41) is 3.82. The fourth-order valence-corrected chi connectivity index (χ4v) is 3.43. The van der Waals surface area contributed by atoms with Crippen molar-refractivity contribution in [3.8, 4) is 11.5 Å². The molecule has 1 aliphatic carbocycles. The third-order valence-corrected chi connectivity index (χ3v) is 4.79. The van der Waals surface area contributed by atoms with Gasteiger partial charge >= 0.3 is 0 Å². The summed E-state index contributed by atoms with van der Waals surface area (Å²) in [5.41, 5.74) is 1.28. The Morgan fingerprint density at radius 2 is 1.81 bits per heavy atom. The molecular weight excluding hydrogens is 262 g/mol. The van der Waals surface area contributed by atoms with Gasteiger partial charge in [-0.15, -0.1) is 0 Å². The first-order chi connectivity index (χ1) is 10.2. The van der Waals surface area contributed by atoms with Crippen LogP contribution in [0, 0.1) is 5.92 Å². The van der Waals surface area contributed by atoms with Crippen molar-refractivity contribution in [2.24, 2.45) is 5.92 Å². The quantitative estimate of drug-likeness (QED) is 0.811. The summed E-state index contributed by atoms with van der Waals surface area (Å²) in [7, 11) is 3.37. The highest BCUT2D eigenvalue weighted by molar-refractivity contribution is 5.43. The molecule has 0 aliphatic heterocycles. The smallest absolute Gasteiger partial charge is 0.161 e. The molecule has 1 fully saturated rings. The molecule has 3 heteroatoms. The van der Waals surface area contributed by atoms with Crippen LogP contribution in [0.1, 0.15) is 57.6 Å². The van der Waals surface area contributed by atoms with E-state index in [1.807, 2.05) is 6.07 Å². The summed E-state index contributed by atoms with van der Waals surface area (Å²) in [6, 6.07) is 7.19. The number of benzene rings is 1. The van der Waals surface area contributed by atoms with E-state index in [0.29, 0.717) is 12.1 Å². The Bertz CT molecular complexity index is 441. The van der Waals surface area contributed by atoms with Crippen molar-refractivity contribution >= 4 is 0 Å². The Balaban J connectivity index is 2.09. The van der Waals surface area contributed by atoms with Crippen LogP contribution in [0.15, 0.2) is 18.2 Å². The van der Waals surface area contributed by atoms with Crippen molar-refractivity contribution in [3.05, 3.63) is 23.8 Å². The monoisotopic (exact) mass is 291 g/mol. The molecule has 1 aliphatic rings. The molecule has 21 heavy (non-hydrogen) atoms. The van der Waals surface area contributed by atoms with E-state index in [4.69, 9.17) is 9.47 Å². The van der Waals surface area contributed by atoms with Gasteiger partial charge in [-0.3, -0.25) is 0 Å². The van der Waals surface area contributed by atoms with Crippen molar-refractivity contribution in [2.75, 3.05) is 14.2 Å². The third kappa shape index (κ3) is 3.91. The van der Waals surface area contributed by atoms with E-state index >= 15 is 0 Å². The van der Waals surface area contributed by atoms with E-state index in [9.17, 15) is 0 Å². The van der Waals surface area contributed by atoms with E-state index in [2.05, 4.69) is 31.3 Å². The van der Waals surface area contributed by atoms with Crippen LogP contribution >= 0.6 is 0 Å². The topological polar surface area (TPSA) is 30.5 Å². The molecular formula is C18H29NO2. The van der Waals surface area contributed by atoms with Crippen LogP contribution < -0.4 is 14.8 Å². The second-order valence-corrected chi connectivity index (χ2v) is 6.08. The lowest BCUT2D eigenvalue weighted by Crippen LogP contribution is -2.35. The van der Waals surface area contributed by atoms with Gasteiger partial charge in [0.25, 0.3) is 0 Å². The van der Waals surface area contributed by atoms with Gasteiger partial charge in [-0.25, -0.2) is 0 Å². The van der Waals surface area contributed by atoms with E-state index in [0.717, 1.165) is 23.8 Å². The lowest BCUT2D eigenvalue weighted by molar-refractivity contribution is 0.335. The minimum Gasteiger partial charge on any atom is -0.493 e. The predicted octanol–water partition coefficient (Wildman–Crippen LogP) is 4.32. The number of hydrogen-bond donors (Lipinski definition) is 1. The first kappa shape index (κ1) is 16.2. The van der Waals surface area contributed by atoms with Crippen molar-refractivity contribution in [2.45, 2.75) is 58.0 Å². The van der Waals surface area contributed by atoms with E-state index in [-0.39, 0.29) is 0 Å². The Kier molecular flexibility index (Phi) is 5.92. The molecule has 118 valence electrons. The molecule has 1 saturated carbocycles. The fraction of sp³-hybridized carbons (Fsp3) is 0.667. The highest BCUT2D eigenvalue weighted by atomic mass is 16.5. The summed E-state index contributed by atoms with van der Waals surface area (Å²) in [4.78, 5) is 0. The maximum Gasteiger partial charge on any atom is 0.161 e. The van der Waals surface area contributed by atoms with Crippen LogP contribution in [0.3, 0.4) is 0 Å². The van der Waals surface area contributed by atoms with Crippen LogP contribution in [-0.2, 0) is 0 Å². The molecule has 1 aromatic rings. The maximum atomic E-state index is 5.42. The molecule has 1 unspecified atom stereocenters. The second kappa shape index (κ2) is 7.69. The largest absolute Gasteiger partial charge is 0.493 e. The van der Waals surface area contributed by atoms with Gasteiger partial charge in [-0.05, 0) is 49.8 Å². The van der Waals surface area contributed by atoms with Crippen molar-refractivity contribution in [3.63, 3.8) is 0 Å². The third-order valence-electron chi connectivity index (χ3n) is 4.79. The average Bonchev–Trinajstić information content (AvgIpc) is 3.06. The Hall–Kier alpha value is -1.22.